The smallest absolute Gasteiger partial charge is 0.219 e. The molecule has 8 nitrogen and oxygen atoms in total. The van der Waals surface area contributed by atoms with Crippen LogP contribution >= 0.6 is 11.6 Å². The molecular formula is C24H23ClN8. The lowest BCUT2D eigenvalue weighted by molar-refractivity contribution is 0.413. The number of hydrogen-bond acceptors (Lipinski definition) is 6. The van der Waals surface area contributed by atoms with E-state index in [2.05, 4.69) is 57.5 Å². The number of aryl methyl sites for hydroxylation is 1. The number of rotatable bonds is 3. The Morgan fingerprint density at radius 3 is 2.30 bits per heavy atom. The van der Waals surface area contributed by atoms with Gasteiger partial charge in [-0.25, -0.2) is 24.6 Å². The predicted molar refractivity (Wildman–Crippen MR) is 131 cm³/mol. The molecule has 0 amide bonds. The molecule has 9 heteroatoms. The normalized spacial score (nSPS) is 11.9. The molecular weight excluding hydrogens is 436 g/mol. The summed E-state index contributed by atoms with van der Waals surface area (Å²) in [6.45, 7) is 6.49. The average Bonchev–Trinajstić information content (AvgIpc) is 3.36. The maximum atomic E-state index is 6.38. The summed E-state index contributed by atoms with van der Waals surface area (Å²) in [5.74, 6) is 1.80. The molecule has 166 valence electrons. The Balaban J connectivity index is 1.77. The van der Waals surface area contributed by atoms with Gasteiger partial charge in [-0.05, 0) is 56.7 Å². The Morgan fingerprint density at radius 1 is 0.879 bits per heavy atom. The molecule has 2 N–H and O–H groups in total. The molecule has 0 aliphatic rings. The lowest BCUT2D eigenvalue weighted by atomic mass is 10.0. The van der Waals surface area contributed by atoms with Crippen LogP contribution in [0.25, 0.3) is 44.9 Å². The van der Waals surface area contributed by atoms with E-state index in [0.717, 1.165) is 44.9 Å². The predicted octanol–water partition coefficient (Wildman–Crippen LogP) is 4.95. The van der Waals surface area contributed by atoms with E-state index in [-0.39, 0.29) is 11.5 Å². The molecule has 0 aliphatic heterocycles. The van der Waals surface area contributed by atoms with Gasteiger partial charge in [-0.1, -0.05) is 17.7 Å². The van der Waals surface area contributed by atoms with E-state index in [1.54, 1.807) is 17.1 Å². The van der Waals surface area contributed by atoms with E-state index in [4.69, 9.17) is 22.3 Å². The van der Waals surface area contributed by atoms with Crippen LogP contribution in [-0.2, 0) is 12.6 Å². The number of imidazole rings is 1. The highest BCUT2D eigenvalue weighted by Gasteiger charge is 2.25. The van der Waals surface area contributed by atoms with Crippen LogP contribution in [0.3, 0.4) is 0 Å². The molecule has 5 rings (SSSR count). The standard InChI is InChI=1S/C24H23ClN8/c1-24(2,3)33-20-8-5-14(15-11-27-23(26)28-12-15)9-19(20)31-22(33)17-7-6-16(25)10-18(17)21-29-13-30-32(21)4/h5-13H,1-4H3,(H2,26,27,28). The van der Waals surface area contributed by atoms with Crippen LogP contribution < -0.4 is 5.73 Å². The lowest BCUT2D eigenvalue weighted by Crippen LogP contribution is -2.22. The fraction of sp³-hybridized carbons (Fsp3) is 0.208. The Morgan fingerprint density at radius 2 is 1.64 bits per heavy atom. The average molecular weight is 459 g/mol. The van der Waals surface area contributed by atoms with Crippen molar-refractivity contribution < 1.29 is 0 Å². The largest absolute Gasteiger partial charge is 0.368 e. The second-order valence-corrected chi connectivity index (χ2v) is 9.31. The molecule has 5 aromatic rings. The summed E-state index contributed by atoms with van der Waals surface area (Å²) < 4.78 is 3.98. The highest BCUT2D eigenvalue weighted by Crippen LogP contribution is 2.38. The maximum Gasteiger partial charge on any atom is 0.219 e. The maximum absolute atomic E-state index is 6.38. The lowest BCUT2D eigenvalue weighted by Gasteiger charge is -2.25. The summed E-state index contributed by atoms with van der Waals surface area (Å²) in [6.07, 6.45) is 4.97. The van der Waals surface area contributed by atoms with Crippen molar-refractivity contribution in [1.29, 1.82) is 0 Å². The number of fused-ring (bicyclic) bond motifs is 1. The number of nitrogen functional groups attached to an aromatic ring is 1. The van der Waals surface area contributed by atoms with Crippen molar-refractivity contribution >= 4 is 28.6 Å². The zero-order chi connectivity index (χ0) is 23.3. The molecule has 0 saturated carbocycles. The molecule has 33 heavy (non-hydrogen) atoms. The zero-order valence-electron chi connectivity index (χ0n) is 18.8. The van der Waals surface area contributed by atoms with Crippen molar-refractivity contribution in [3.63, 3.8) is 0 Å². The van der Waals surface area contributed by atoms with E-state index in [0.29, 0.717) is 5.02 Å². The second kappa shape index (κ2) is 7.67. The summed E-state index contributed by atoms with van der Waals surface area (Å²) in [5.41, 5.74) is 11.0. The highest BCUT2D eigenvalue weighted by atomic mass is 35.5. The number of hydrogen-bond donors (Lipinski definition) is 1. The van der Waals surface area contributed by atoms with Gasteiger partial charge in [-0.3, -0.25) is 0 Å². The van der Waals surface area contributed by atoms with E-state index in [9.17, 15) is 0 Å². The van der Waals surface area contributed by atoms with Gasteiger partial charge in [0.05, 0.1) is 11.0 Å². The fourth-order valence-electron chi connectivity index (χ4n) is 4.04. The van der Waals surface area contributed by atoms with Crippen LogP contribution in [0.2, 0.25) is 5.02 Å². The number of nitrogens with zero attached hydrogens (tertiary/aromatic N) is 7. The minimum absolute atomic E-state index is 0.229. The first kappa shape index (κ1) is 21.1. The quantitative estimate of drug-likeness (QED) is 0.410. The number of nitrogens with two attached hydrogens (primary N) is 1. The van der Waals surface area contributed by atoms with Crippen LogP contribution in [0.15, 0.2) is 55.1 Å². The van der Waals surface area contributed by atoms with Gasteiger partial charge >= 0.3 is 0 Å². The fourth-order valence-corrected chi connectivity index (χ4v) is 4.22. The van der Waals surface area contributed by atoms with Crippen LogP contribution in [-0.4, -0.2) is 34.3 Å². The number of aromatic nitrogens is 7. The summed E-state index contributed by atoms with van der Waals surface area (Å²) in [6, 6.07) is 12.0. The summed E-state index contributed by atoms with van der Waals surface area (Å²) >= 11 is 6.38. The summed E-state index contributed by atoms with van der Waals surface area (Å²) in [5, 5.41) is 4.86. The highest BCUT2D eigenvalue weighted by molar-refractivity contribution is 6.31. The Hall–Kier alpha value is -3.78. The minimum Gasteiger partial charge on any atom is -0.368 e. The Labute approximate surface area is 196 Å². The van der Waals surface area contributed by atoms with Gasteiger partial charge < -0.3 is 10.3 Å². The topological polar surface area (TPSA) is 100 Å². The molecule has 0 atom stereocenters. The zero-order valence-corrected chi connectivity index (χ0v) is 19.5. The van der Waals surface area contributed by atoms with Crippen LogP contribution in [0.4, 0.5) is 5.95 Å². The molecule has 0 bridgehead atoms. The molecule has 0 unspecified atom stereocenters. The number of benzene rings is 2. The molecule has 0 radical (unpaired) electrons. The molecule has 3 aromatic heterocycles. The van der Waals surface area contributed by atoms with Crippen molar-refractivity contribution in [2.75, 3.05) is 5.73 Å². The third-order valence-corrected chi connectivity index (χ3v) is 5.74. The van der Waals surface area contributed by atoms with Gasteiger partial charge in [0.2, 0.25) is 5.95 Å². The number of anilines is 1. The SMILES string of the molecule is Cn1ncnc1-c1cc(Cl)ccc1-c1nc2cc(-c3cnc(N)nc3)ccc2n1C(C)(C)C. The van der Waals surface area contributed by atoms with Gasteiger partial charge in [0.1, 0.15) is 12.2 Å². The van der Waals surface area contributed by atoms with Gasteiger partial charge in [-0.15, -0.1) is 0 Å². The first-order valence-corrected chi connectivity index (χ1v) is 10.9. The molecule has 0 saturated heterocycles. The van der Waals surface area contributed by atoms with Crippen molar-refractivity contribution in [2.45, 2.75) is 26.3 Å². The third kappa shape index (κ3) is 3.72. The second-order valence-electron chi connectivity index (χ2n) is 8.87. The van der Waals surface area contributed by atoms with Crippen molar-refractivity contribution in [2.24, 2.45) is 7.05 Å². The van der Waals surface area contributed by atoms with Gasteiger partial charge in [0.15, 0.2) is 5.82 Å². The summed E-state index contributed by atoms with van der Waals surface area (Å²) in [4.78, 5) is 17.8. The van der Waals surface area contributed by atoms with Gasteiger partial charge in [0.25, 0.3) is 0 Å². The van der Waals surface area contributed by atoms with Gasteiger partial charge in [-0.2, -0.15) is 5.10 Å². The van der Waals surface area contributed by atoms with E-state index >= 15 is 0 Å². The van der Waals surface area contributed by atoms with Crippen molar-refractivity contribution in [1.82, 2.24) is 34.3 Å². The Kier molecular flexibility index (Phi) is 4.90. The van der Waals surface area contributed by atoms with Crippen molar-refractivity contribution in [3.8, 4) is 33.9 Å². The Bertz CT molecular complexity index is 1480. The van der Waals surface area contributed by atoms with E-state index < -0.39 is 0 Å². The molecule has 0 spiro atoms. The molecule has 0 fully saturated rings. The first-order valence-electron chi connectivity index (χ1n) is 10.5. The van der Waals surface area contributed by atoms with Crippen molar-refractivity contribution in [3.05, 3.63) is 60.1 Å². The molecule has 2 aromatic carbocycles. The van der Waals surface area contributed by atoms with Crippen LogP contribution in [0, 0.1) is 0 Å². The van der Waals surface area contributed by atoms with Crippen LogP contribution in [0.5, 0.6) is 0 Å². The van der Waals surface area contributed by atoms with E-state index in [1.165, 1.54) is 6.33 Å². The molecule has 0 aliphatic carbocycles. The first-order chi connectivity index (χ1) is 15.7. The minimum atomic E-state index is -0.229. The third-order valence-electron chi connectivity index (χ3n) is 5.51. The van der Waals surface area contributed by atoms with E-state index in [1.807, 2.05) is 31.3 Å². The monoisotopic (exact) mass is 458 g/mol. The van der Waals surface area contributed by atoms with Crippen LogP contribution in [0.1, 0.15) is 20.8 Å². The van der Waals surface area contributed by atoms with Gasteiger partial charge in [0, 0.05) is 46.7 Å². The summed E-state index contributed by atoms with van der Waals surface area (Å²) in [7, 11) is 1.86. The number of halogens is 1. The molecule has 3 heterocycles.